The molecular weight excluding hydrogens is 244 g/mol. The van der Waals surface area contributed by atoms with Crippen LogP contribution in [0.25, 0.3) is 0 Å². The highest BCUT2D eigenvalue weighted by molar-refractivity contribution is 5.67. The second kappa shape index (κ2) is 5.77. The standard InChI is InChI=1S/C12H15F2NO3/c1-12(13,14)7-18-9-4-2-8(3-5-9)10(15)6-11(16)17/h2-5,10H,6-7,15H2,1H3,(H,16,17). The van der Waals surface area contributed by atoms with Gasteiger partial charge in [-0.3, -0.25) is 4.79 Å². The maximum Gasteiger partial charge on any atom is 0.305 e. The number of alkyl halides is 2. The summed E-state index contributed by atoms with van der Waals surface area (Å²) < 4.78 is 30.0. The summed E-state index contributed by atoms with van der Waals surface area (Å²) in [6.07, 6.45) is -0.187. The third kappa shape index (κ3) is 5.09. The van der Waals surface area contributed by atoms with Gasteiger partial charge in [-0.25, -0.2) is 8.78 Å². The first-order valence-electron chi connectivity index (χ1n) is 5.36. The van der Waals surface area contributed by atoms with Crippen LogP contribution >= 0.6 is 0 Å². The molecule has 0 fully saturated rings. The number of hydrogen-bond acceptors (Lipinski definition) is 3. The Kier molecular flexibility index (Phi) is 4.61. The second-order valence-corrected chi connectivity index (χ2v) is 4.13. The lowest BCUT2D eigenvalue weighted by molar-refractivity contribution is -0.137. The third-order valence-corrected chi connectivity index (χ3v) is 2.20. The van der Waals surface area contributed by atoms with E-state index in [9.17, 15) is 13.6 Å². The molecule has 1 rings (SSSR count). The highest BCUT2D eigenvalue weighted by Crippen LogP contribution is 2.20. The predicted octanol–water partition coefficient (Wildman–Crippen LogP) is 2.20. The molecule has 4 nitrogen and oxygen atoms in total. The Morgan fingerprint density at radius 3 is 2.44 bits per heavy atom. The molecule has 1 aromatic rings. The van der Waals surface area contributed by atoms with Gasteiger partial charge in [-0.05, 0) is 17.7 Å². The summed E-state index contributed by atoms with van der Waals surface area (Å²) in [5, 5.41) is 8.59. The van der Waals surface area contributed by atoms with Crippen LogP contribution in [0.1, 0.15) is 24.9 Å². The average Bonchev–Trinajstić information content (AvgIpc) is 2.25. The second-order valence-electron chi connectivity index (χ2n) is 4.13. The summed E-state index contributed by atoms with van der Waals surface area (Å²) in [5.41, 5.74) is 6.27. The minimum absolute atomic E-state index is 0.187. The number of halogens is 2. The van der Waals surface area contributed by atoms with Crippen molar-refractivity contribution < 1.29 is 23.4 Å². The molecule has 0 amide bonds. The molecule has 0 radical (unpaired) electrons. The molecular formula is C12H15F2NO3. The van der Waals surface area contributed by atoms with Crippen LogP contribution < -0.4 is 10.5 Å². The summed E-state index contributed by atoms with van der Waals surface area (Å²) >= 11 is 0. The number of carboxylic acids is 1. The van der Waals surface area contributed by atoms with Crippen LogP contribution in [0.4, 0.5) is 8.78 Å². The van der Waals surface area contributed by atoms with Gasteiger partial charge in [-0.1, -0.05) is 12.1 Å². The van der Waals surface area contributed by atoms with Gasteiger partial charge in [0.25, 0.3) is 5.92 Å². The van der Waals surface area contributed by atoms with Crippen molar-refractivity contribution in [1.29, 1.82) is 0 Å². The SMILES string of the molecule is CC(F)(F)COc1ccc(C(N)CC(=O)O)cc1. The van der Waals surface area contributed by atoms with E-state index in [-0.39, 0.29) is 6.42 Å². The molecule has 0 heterocycles. The normalized spacial score (nSPS) is 13.1. The van der Waals surface area contributed by atoms with Gasteiger partial charge in [-0.15, -0.1) is 0 Å². The van der Waals surface area contributed by atoms with Crippen molar-refractivity contribution in [2.24, 2.45) is 5.73 Å². The minimum atomic E-state index is -2.89. The molecule has 0 aliphatic carbocycles. The lowest BCUT2D eigenvalue weighted by Gasteiger charge is -2.13. The fourth-order valence-electron chi connectivity index (χ4n) is 1.33. The average molecular weight is 259 g/mol. The Bertz CT molecular complexity index is 401. The van der Waals surface area contributed by atoms with E-state index in [1.54, 1.807) is 12.1 Å². The van der Waals surface area contributed by atoms with Gasteiger partial charge in [0.15, 0.2) is 6.61 Å². The Hall–Kier alpha value is -1.69. The van der Waals surface area contributed by atoms with Crippen molar-refractivity contribution in [2.45, 2.75) is 25.3 Å². The van der Waals surface area contributed by atoms with Crippen LogP contribution in [0.3, 0.4) is 0 Å². The number of carbonyl (C=O) groups is 1. The van der Waals surface area contributed by atoms with Crippen LogP contribution in [0.5, 0.6) is 5.75 Å². The maximum absolute atomic E-state index is 12.5. The van der Waals surface area contributed by atoms with Crippen molar-refractivity contribution in [3.8, 4) is 5.75 Å². The number of hydrogen-bond donors (Lipinski definition) is 2. The number of aliphatic carboxylic acids is 1. The minimum Gasteiger partial charge on any atom is -0.487 e. The maximum atomic E-state index is 12.5. The van der Waals surface area contributed by atoms with E-state index in [2.05, 4.69) is 0 Å². The van der Waals surface area contributed by atoms with Gasteiger partial charge in [0, 0.05) is 13.0 Å². The lowest BCUT2D eigenvalue weighted by Crippen LogP contribution is -2.21. The van der Waals surface area contributed by atoms with E-state index in [0.29, 0.717) is 11.3 Å². The molecule has 0 aliphatic heterocycles. The molecule has 0 spiro atoms. The van der Waals surface area contributed by atoms with E-state index in [1.807, 2.05) is 0 Å². The zero-order valence-electron chi connectivity index (χ0n) is 9.90. The molecule has 0 aromatic heterocycles. The Morgan fingerprint density at radius 1 is 1.44 bits per heavy atom. The van der Waals surface area contributed by atoms with Gasteiger partial charge in [0.2, 0.25) is 0 Å². The highest BCUT2D eigenvalue weighted by atomic mass is 19.3. The van der Waals surface area contributed by atoms with Crippen LogP contribution in [0, 0.1) is 0 Å². The molecule has 1 atom stereocenters. The van der Waals surface area contributed by atoms with Crippen molar-refractivity contribution in [2.75, 3.05) is 6.61 Å². The summed E-state index contributed by atoms with van der Waals surface area (Å²) in [6, 6.07) is 5.49. The first-order valence-corrected chi connectivity index (χ1v) is 5.36. The van der Waals surface area contributed by atoms with Crippen molar-refractivity contribution >= 4 is 5.97 Å². The van der Waals surface area contributed by atoms with Gasteiger partial charge < -0.3 is 15.6 Å². The Balaban J connectivity index is 2.60. The summed E-state index contributed by atoms with van der Waals surface area (Å²) in [4.78, 5) is 10.5. The third-order valence-electron chi connectivity index (χ3n) is 2.20. The van der Waals surface area contributed by atoms with Gasteiger partial charge in [-0.2, -0.15) is 0 Å². The molecule has 100 valence electrons. The molecule has 6 heteroatoms. The molecule has 0 bridgehead atoms. The van der Waals surface area contributed by atoms with Crippen LogP contribution in [0.2, 0.25) is 0 Å². The Morgan fingerprint density at radius 2 is 2.00 bits per heavy atom. The predicted molar refractivity (Wildman–Crippen MR) is 61.7 cm³/mol. The largest absolute Gasteiger partial charge is 0.487 e. The number of ether oxygens (including phenoxy) is 1. The van der Waals surface area contributed by atoms with Crippen molar-refractivity contribution in [1.82, 2.24) is 0 Å². The topological polar surface area (TPSA) is 72.5 Å². The van der Waals surface area contributed by atoms with Crippen LogP contribution in [-0.4, -0.2) is 23.6 Å². The number of carboxylic acid groups (broad SMARTS) is 1. The quantitative estimate of drug-likeness (QED) is 0.821. The van der Waals surface area contributed by atoms with Crippen molar-refractivity contribution in [3.05, 3.63) is 29.8 Å². The fourth-order valence-corrected chi connectivity index (χ4v) is 1.33. The molecule has 0 aliphatic rings. The molecule has 18 heavy (non-hydrogen) atoms. The molecule has 0 saturated heterocycles. The lowest BCUT2D eigenvalue weighted by atomic mass is 10.0. The van der Waals surface area contributed by atoms with Gasteiger partial charge >= 0.3 is 5.97 Å². The number of benzene rings is 1. The number of rotatable bonds is 6. The molecule has 1 unspecified atom stereocenters. The molecule has 3 N–H and O–H groups in total. The summed E-state index contributed by atoms with van der Waals surface area (Å²) in [6.45, 7) is 0.0671. The van der Waals surface area contributed by atoms with Crippen LogP contribution in [-0.2, 0) is 4.79 Å². The molecule has 1 aromatic carbocycles. The van der Waals surface area contributed by atoms with Crippen LogP contribution in [0.15, 0.2) is 24.3 Å². The number of nitrogens with two attached hydrogens (primary N) is 1. The Labute approximate surface area is 103 Å². The first kappa shape index (κ1) is 14.4. The summed E-state index contributed by atoms with van der Waals surface area (Å²) in [7, 11) is 0. The zero-order chi connectivity index (χ0) is 13.8. The first-order chi connectivity index (χ1) is 8.28. The molecule has 0 saturated carbocycles. The summed E-state index contributed by atoms with van der Waals surface area (Å²) in [5.74, 6) is -3.59. The zero-order valence-corrected chi connectivity index (χ0v) is 9.90. The van der Waals surface area contributed by atoms with Gasteiger partial charge in [0.05, 0.1) is 6.42 Å². The smallest absolute Gasteiger partial charge is 0.305 e. The van der Waals surface area contributed by atoms with Crippen molar-refractivity contribution in [3.63, 3.8) is 0 Å². The van der Waals surface area contributed by atoms with E-state index in [4.69, 9.17) is 15.6 Å². The highest BCUT2D eigenvalue weighted by Gasteiger charge is 2.22. The van der Waals surface area contributed by atoms with E-state index in [0.717, 1.165) is 6.92 Å². The fraction of sp³-hybridized carbons (Fsp3) is 0.417. The van der Waals surface area contributed by atoms with E-state index in [1.165, 1.54) is 12.1 Å². The van der Waals surface area contributed by atoms with E-state index >= 15 is 0 Å². The van der Waals surface area contributed by atoms with Gasteiger partial charge in [0.1, 0.15) is 5.75 Å². The monoisotopic (exact) mass is 259 g/mol. The van der Waals surface area contributed by atoms with E-state index < -0.39 is 24.5 Å².